The Morgan fingerprint density at radius 3 is 2.53 bits per heavy atom. The molecule has 1 aliphatic heterocycles. The third-order valence-electron chi connectivity index (χ3n) is 2.47. The van der Waals surface area contributed by atoms with Crippen LogP contribution in [0.3, 0.4) is 0 Å². The zero-order valence-corrected chi connectivity index (χ0v) is 11.9. The molecule has 0 aliphatic carbocycles. The van der Waals surface area contributed by atoms with Crippen molar-refractivity contribution in [3.8, 4) is 0 Å². The Labute approximate surface area is 105 Å². The van der Waals surface area contributed by atoms with Gasteiger partial charge in [-0.2, -0.15) is 0 Å². The van der Waals surface area contributed by atoms with E-state index < -0.39 is 9.28 Å². The average Bonchev–Trinajstić information content (AvgIpc) is 3.09. The maximum atomic E-state index is 9.82. The first-order valence-electron chi connectivity index (χ1n) is 6.36. The lowest BCUT2D eigenvalue weighted by Crippen LogP contribution is -2.28. The molecule has 5 nitrogen and oxygen atoms in total. The first kappa shape index (κ1) is 15.1. The molecule has 0 amide bonds. The summed E-state index contributed by atoms with van der Waals surface area (Å²) < 4.78 is 21.4. The first-order chi connectivity index (χ1) is 8.26. The van der Waals surface area contributed by atoms with Crippen LogP contribution >= 0.6 is 0 Å². The molecule has 2 atom stereocenters. The minimum absolute atomic E-state index is 0.293. The molecule has 102 valence electrons. The second-order valence-electron chi connectivity index (χ2n) is 4.05. The lowest BCUT2D eigenvalue weighted by atomic mass is 10.3. The average molecular weight is 264 g/mol. The van der Waals surface area contributed by atoms with Gasteiger partial charge in [0.15, 0.2) is 0 Å². The van der Waals surface area contributed by atoms with E-state index in [9.17, 15) is 5.11 Å². The molecule has 1 heterocycles. The Bertz CT molecular complexity index is 183. The van der Waals surface area contributed by atoms with E-state index in [4.69, 9.17) is 18.3 Å². The standard InChI is InChI=1S/C11H24O5Si/c1-3-15-17(16-4-2)9-10(12)5-6-13-7-11-8-14-11/h10-12,17H,3-9H2,1-2H3. The van der Waals surface area contributed by atoms with E-state index in [0.717, 1.165) is 6.61 Å². The van der Waals surface area contributed by atoms with Crippen LogP contribution in [0.5, 0.6) is 0 Å². The normalized spacial score (nSPS) is 20.8. The van der Waals surface area contributed by atoms with Crippen molar-refractivity contribution >= 4 is 9.28 Å². The maximum absolute atomic E-state index is 9.82. The summed E-state index contributed by atoms with van der Waals surface area (Å²) in [5.41, 5.74) is 0. The van der Waals surface area contributed by atoms with Crippen molar-refractivity contribution < 1.29 is 23.4 Å². The molecule has 0 aromatic rings. The number of epoxide rings is 1. The smallest absolute Gasteiger partial charge is 0.324 e. The summed E-state index contributed by atoms with van der Waals surface area (Å²) in [6, 6.07) is 0.630. The molecule has 17 heavy (non-hydrogen) atoms. The van der Waals surface area contributed by atoms with Gasteiger partial charge in [0.25, 0.3) is 0 Å². The van der Waals surface area contributed by atoms with Crippen molar-refractivity contribution in [3.63, 3.8) is 0 Å². The Morgan fingerprint density at radius 1 is 1.35 bits per heavy atom. The maximum Gasteiger partial charge on any atom is 0.324 e. The molecule has 1 saturated heterocycles. The summed E-state index contributed by atoms with van der Waals surface area (Å²) in [5.74, 6) is 0. The quantitative estimate of drug-likeness (QED) is 0.333. The molecular formula is C11H24O5Si. The van der Waals surface area contributed by atoms with Gasteiger partial charge in [-0.15, -0.1) is 0 Å². The predicted octanol–water partition coefficient (Wildman–Crippen LogP) is 0.446. The highest BCUT2D eigenvalue weighted by atomic mass is 28.3. The van der Waals surface area contributed by atoms with Gasteiger partial charge in [0.2, 0.25) is 0 Å². The molecule has 1 aliphatic rings. The van der Waals surface area contributed by atoms with Crippen LogP contribution in [0.25, 0.3) is 0 Å². The Balaban J connectivity index is 2.01. The molecule has 0 radical (unpaired) electrons. The minimum Gasteiger partial charge on any atom is -0.397 e. The summed E-state index contributed by atoms with van der Waals surface area (Å²) >= 11 is 0. The van der Waals surface area contributed by atoms with Crippen molar-refractivity contribution in [2.75, 3.05) is 33.0 Å². The van der Waals surface area contributed by atoms with Gasteiger partial charge in [0, 0.05) is 25.9 Å². The van der Waals surface area contributed by atoms with Crippen LogP contribution in [0, 0.1) is 0 Å². The van der Waals surface area contributed by atoms with E-state index in [-0.39, 0.29) is 6.10 Å². The van der Waals surface area contributed by atoms with E-state index in [1.807, 2.05) is 13.8 Å². The Kier molecular flexibility index (Phi) is 7.99. The van der Waals surface area contributed by atoms with Crippen molar-refractivity contribution in [1.29, 1.82) is 0 Å². The molecule has 1 rings (SSSR count). The van der Waals surface area contributed by atoms with Gasteiger partial charge < -0.3 is 23.4 Å². The number of aliphatic hydroxyl groups is 1. The lowest BCUT2D eigenvalue weighted by Gasteiger charge is -2.18. The monoisotopic (exact) mass is 264 g/mol. The van der Waals surface area contributed by atoms with E-state index in [1.54, 1.807) is 0 Å². The van der Waals surface area contributed by atoms with Gasteiger partial charge in [-0.1, -0.05) is 0 Å². The van der Waals surface area contributed by atoms with Gasteiger partial charge in [0.1, 0.15) is 6.10 Å². The minimum atomic E-state index is -1.68. The molecular weight excluding hydrogens is 240 g/mol. The number of hydrogen-bond acceptors (Lipinski definition) is 5. The fraction of sp³-hybridized carbons (Fsp3) is 1.00. The largest absolute Gasteiger partial charge is 0.397 e. The molecule has 0 aromatic heterocycles. The molecule has 2 unspecified atom stereocenters. The number of aliphatic hydroxyl groups excluding tert-OH is 1. The van der Waals surface area contributed by atoms with E-state index in [2.05, 4.69) is 0 Å². The fourth-order valence-electron chi connectivity index (χ4n) is 1.49. The molecule has 0 spiro atoms. The summed E-state index contributed by atoms with van der Waals surface area (Å²) in [4.78, 5) is 0. The lowest BCUT2D eigenvalue weighted by molar-refractivity contribution is 0.0753. The highest BCUT2D eigenvalue weighted by Crippen LogP contribution is 2.10. The van der Waals surface area contributed by atoms with Crippen molar-refractivity contribution in [1.82, 2.24) is 0 Å². The van der Waals surface area contributed by atoms with Crippen LogP contribution in [0.15, 0.2) is 0 Å². The first-order valence-corrected chi connectivity index (χ1v) is 8.12. The SMILES string of the molecule is CCO[SiH](CC(O)CCOCC1CO1)OCC. The molecule has 1 fully saturated rings. The number of ether oxygens (including phenoxy) is 2. The fourth-order valence-corrected chi connectivity index (χ4v) is 3.29. The Morgan fingerprint density at radius 2 is 2.00 bits per heavy atom. The predicted molar refractivity (Wildman–Crippen MR) is 66.4 cm³/mol. The van der Waals surface area contributed by atoms with Gasteiger partial charge in [-0.25, -0.2) is 0 Å². The summed E-state index contributed by atoms with van der Waals surface area (Å²) in [5, 5.41) is 9.82. The van der Waals surface area contributed by atoms with Gasteiger partial charge in [-0.05, 0) is 20.3 Å². The van der Waals surface area contributed by atoms with Gasteiger partial charge >= 0.3 is 9.28 Å². The molecule has 1 N–H and O–H groups in total. The van der Waals surface area contributed by atoms with Gasteiger partial charge in [0.05, 0.1) is 19.3 Å². The van der Waals surface area contributed by atoms with Crippen LogP contribution in [-0.2, 0) is 18.3 Å². The molecule has 0 saturated carbocycles. The zero-order chi connectivity index (χ0) is 12.5. The van der Waals surface area contributed by atoms with Crippen LogP contribution in [0.4, 0.5) is 0 Å². The summed E-state index contributed by atoms with van der Waals surface area (Å²) in [6.45, 7) is 7.23. The molecule has 6 heteroatoms. The highest BCUT2D eigenvalue weighted by molar-refractivity contribution is 6.44. The third-order valence-corrected chi connectivity index (χ3v) is 4.81. The summed E-state index contributed by atoms with van der Waals surface area (Å²) in [7, 11) is -1.68. The van der Waals surface area contributed by atoms with Gasteiger partial charge in [-0.3, -0.25) is 0 Å². The molecule has 0 aromatic carbocycles. The van der Waals surface area contributed by atoms with Crippen LogP contribution in [0.1, 0.15) is 20.3 Å². The van der Waals surface area contributed by atoms with Crippen LogP contribution in [-0.4, -0.2) is 59.6 Å². The second-order valence-corrected chi connectivity index (χ2v) is 6.05. The van der Waals surface area contributed by atoms with Crippen LogP contribution in [0.2, 0.25) is 6.04 Å². The van der Waals surface area contributed by atoms with Crippen molar-refractivity contribution in [3.05, 3.63) is 0 Å². The topological polar surface area (TPSA) is 60.5 Å². The van der Waals surface area contributed by atoms with E-state index in [1.165, 1.54) is 0 Å². The zero-order valence-electron chi connectivity index (χ0n) is 10.8. The third kappa shape index (κ3) is 7.85. The summed E-state index contributed by atoms with van der Waals surface area (Å²) in [6.07, 6.45) is 0.544. The van der Waals surface area contributed by atoms with Crippen molar-refractivity contribution in [2.45, 2.75) is 38.5 Å². The number of rotatable bonds is 11. The van der Waals surface area contributed by atoms with Crippen molar-refractivity contribution in [2.24, 2.45) is 0 Å². The second kappa shape index (κ2) is 9.01. The van der Waals surface area contributed by atoms with E-state index in [0.29, 0.717) is 45.0 Å². The molecule has 0 bridgehead atoms. The highest BCUT2D eigenvalue weighted by Gasteiger charge is 2.22. The Hall–Kier alpha value is 0.0169. The van der Waals surface area contributed by atoms with Crippen LogP contribution < -0.4 is 0 Å². The van der Waals surface area contributed by atoms with E-state index >= 15 is 0 Å². The number of hydrogen-bond donors (Lipinski definition) is 1.